The van der Waals surface area contributed by atoms with Crippen molar-refractivity contribution in [2.45, 2.75) is 9.79 Å². The van der Waals surface area contributed by atoms with Gasteiger partial charge in [-0.3, -0.25) is 0 Å². The summed E-state index contributed by atoms with van der Waals surface area (Å²) in [5.41, 5.74) is 2.86. The first kappa shape index (κ1) is 30.2. The van der Waals surface area contributed by atoms with E-state index in [2.05, 4.69) is 77.7 Å². The number of sulfone groups is 1. The van der Waals surface area contributed by atoms with Gasteiger partial charge in [0.1, 0.15) is 0 Å². The third kappa shape index (κ3) is 5.72. The van der Waals surface area contributed by atoms with Gasteiger partial charge >= 0.3 is 0 Å². The molecule has 0 amide bonds. The first-order chi connectivity index (χ1) is 23.1. The van der Waals surface area contributed by atoms with Crippen LogP contribution in [-0.4, -0.2) is 16.5 Å². The van der Waals surface area contributed by atoms with Crippen LogP contribution in [0.4, 0.5) is 17.1 Å². The molecule has 0 saturated carbocycles. The highest BCUT2D eigenvalue weighted by atomic mass is 32.2. The fourth-order valence-corrected chi connectivity index (χ4v) is 12.5. The molecule has 0 saturated heterocycles. The van der Waals surface area contributed by atoms with Gasteiger partial charge in [-0.05, 0) is 81.4 Å². The SMILES string of the molecule is O=S(=O)(c1ccc(N(c2ccccc2)c2ccccc2)cc1)c1ccc([Si](c2ccccc2)(c2ccccc2)c2ccccc2)cc1. The third-order valence-corrected chi connectivity index (χ3v) is 15.2. The number of hydrogen-bond donors (Lipinski definition) is 0. The Morgan fingerprint density at radius 3 is 0.957 bits per heavy atom. The second-order valence-electron chi connectivity index (χ2n) is 11.4. The molecule has 0 aliphatic heterocycles. The predicted octanol–water partition coefficient (Wildman–Crippen LogP) is 7.37. The zero-order chi connectivity index (χ0) is 32.1. The average molecular weight is 644 g/mol. The normalized spacial score (nSPS) is 11.6. The standard InChI is InChI=1S/C42H33NO2SSi/c44-46(45,37-28-26-36(27-29-37)43(34-16-6-1-7-17-34)35-18-8-2-9-19-35)38-30-32-42(33-31-38)47(39-20-10-3-11-21-39,40-22-12-4-13-23-40)41-24-14-5-15-25-41/h1-33H. The first-order valence-corrected chi connectivity index (χ1v) is 19.1. The Balaban J connectivity index is 1.29. The van der Waals surface area contributed by atoms with Gasteiger partial charge in [0.2, 0.25) is 9.84 Å². The second-order valence-corrected chi connectivity index (χ2v) is 17.1. The molecule has 0 radical (unpaired) electrons. The first-order valence-electron chi connectivity index (χ1n) is 15.6. The Bertz CT molecular complexity index is 2020. The highest BCUT2D eigenvalue weighted by Gasteiger charge is 2.41. The molecule has 0 fully saturated rings. The van der Waals surface area contributed by atoms with Crippen LogP contribution in [0.1, 0.15) is 0 Å². The quantitative estimate of drug-likeness (QED) is 0.122. The van der Waals surface area contributed by atoms with Gasteiger partial charge in [0.25, 0.3) is 0 Å². The van der Waals surface area contributed by atoms with Crippen LogP contribution in [0.3, 0.4) is 0 Å². The summed E-state index contributed by atoms with van der Waals surface area (Å²) in [4.78, 5) is 2.65. The van der Waals surface area contributed by atoms with Crippen LogP contribution >= 0.6 is 0 Å². The van der Waals surface area contributed by atoms with E-state index in [0.29, 0.717) is 0 Å². The summed E-state index contributed by atoms with van der Waals surface area (Å²) < 4.78 is 28.0. The van der Waals surface area contributed by atoms with E-state index in [4.69, 9.17) is 0 Å². The topological polar surface area (TPSA) is 37.4 Å². The molecule has 0 atom stereocenters. The van der Waals surface area contributed by atoms with Crippen LogP contribution in [0, 0.1) is 0 Å². The predicted molar refractivity (Wildman–Crippen MR) is 197 cm³/mol. The molecule has 0 unspecified atom stereocenters. The molecule has 0 heterocycles. The summed E-state index contributed by atoms with van der Waals surface area (Å²) in [6, 6.07) is 66.7. The monoisotopic (exact) mass is 643 g/mol. The minimum absolute atomic E-state index is 0.257. The van der Waals surface area contributed by atoms with Crippen molar-refractivity contribution in [1.82, 2.24) is 0 Å². The van der Waals surface area contributed by atoms with Gasteiger partial charge < -0.3 is 4.90 Å². The lowest BCUT2D eigenvalue weighted by Gasteiger charge is -2.34. The van der Waals surface area contributed by atoms with Crippen LogP contribution in [-0.2, 0) is 9.84 Å². The Labute approximate surface area is 278 Å². The lowest BCUT2D eigenvalue weighted by Crippen LogP contribution is -2.74. The van der Waals surface area contributed by atoms with Crippen LogP contribution in [0.5, 0.6) is 0 Å². The molecule has 0 N–H and O–H groups in total. The molecule has 47 heavy (non-hydrogen) atoms. The number of anilines is 3. The maximum Gasteiger partial charge on any atom is 0.206 e. The maximum atomic E-state index is 14.0. The van der Waals surface area contributed by atoms with Crippen molar-refractivity contribution in [1.29, 1.82) is 0 Å². The van der Waals surface area contributed by atoms with Gasteiger partial charge in [-0.25, -0.2) is 8.42 Å². The highest BCUT2D eigenvalue weighted by molar-refractivity contribution is 7.91. The average Bonchev–Trinajstić information content (AvgIpc) is 3.15. The van der Waals surface area contributed by atoms with Crippen molar-refractivity contribution in [2.75, 3.05) is 4.90 Å². The van der Waals surface area contributed by atoms with Crippen molar-refractivity contribution in [2.24, 2.45) is 0 Å². The number of para-hydroxylation sites is 2. The fourth-order valence-electron chi connectivity index (χ4n) is 6.46. The Morgan fingerprint density at radius 1 is 0.319 bits per heavy atom. The van der Waals surface area contributed by atoms with Crippen LogP contribution in [0.15, 0.2) is 210 Å². The zero-order valence-corrected chi connectivity index (χ0v) is 27.5. The zero-order valence-electron chi connectivity index (χ0n) is 25.7. The molecule has 228 valence electrons. The van der Waals surface area contributed by atoms with Crippen molar-refractivity contribution in [3.05, 3.63) is 200 Å². The number of benzene rings is 7. The molecule has 0 aromatic heterocycles. The molecule has 0 aliphatic rings. The summed E-state index contributed by atoms with van der Waals surface area (Å²) in [5.74, 6) is 0. The van der Waals surface area contributed by atoms with Crippen LogP contribution < -0.4 is 25.6 Å². The van der Waals surface area contributed by atoms with Crippen molar-refractivity contribution < 1.29 is 8.42 Å². The highest BCUT2D eigenvalue weighted by Crippen LogP contribution is 2.35. The number of nitrogens with zero attached hydrogens (tertiary/aromatic N) is 1. The molecule has 0 aliphatic carbocycles. The van der Waals surface area contributed by atoms with E-state index >= 15 is 0 Å². The van der Waals surface area contributed by atoms with Crippen LogP contribution in [0.2, 0.25) is 0 Å². The van der Waals surface area contributed by atoms with E-state index < -0.39 is 17.9 Å². The molecule has 3 nitrogen and oxygen atoms in total. The van der Waals surface area contributed by atoms with Crippen molar-refractivity contribution in [3.8, 4) is 0 Å². The van der Waals surface area contributed by atoms with Gasteiger partial charge in [-0.1, -0.05) is 140 Å². The summed E-state index contributed by atoms with van der Waals surface area (Å²) in [6.07, 6.45) is 0. The molecular weight excluding hydrogens is 611 g/mol. The second kappa shape index (κ2) is 13.1. The lowest BCUT2D eigenvalue weighted by molar-refractivity contribution is 0.596. The van der Waals surface area contributed by atoms with Gasteiger partial charge in [0.05, 0.1) is 9.79 Å². The van der Waals surface area contributed by atoms with E-state index in [0.717, 1.165) is 22.2 Å². The molecule has 5 heteroatoms. The molecule has 0 bridgehead atoms. The van der Waals surface area contributed by atoms with E-state index in [1.165, 1.54) is 15.6 Å². The van der Waals surface area contributed by atoms with E-state index in [1.54, 1.807) is 24.3 Å². The fraction of sp³-hybridized carbons (Fsp3) is 0. The van der Waals surface area contributed by atoms with Gasteiger partial charge in [0, 0.05) is 17.1 Å². The number of rotatable bonds is 9. The largest absolute Gasteiger partial charge is 0.311 e. The molecule has 0 spiro atoms. The maximum absolute atomic E-state index is 14.0. The van der Waals surface area contributed by atoms with Gasteiger partial charge in [-0.15, -0.1) is 0 Å². The van der Waals surface area contributed by atoms with E-state index in [-0.39, 0.29) is 9.79 Å². The van der Waals surface area contributed by atoms with E-state index in [1.807, 2.05) is 103 Å². The number of hydrogen-bond acceptors (Lipinski definition) is 3. The molecular formula is C42H33NO2SSi. The molecule has 7 aromatic rings. The minimum Gasteiger partial charge on any atom is -0.311 e. The Morgan fingerprint density at radius 2 is 0.596 bits per heavy atom. The Hall–Kier alpha value is -5.49. The van der Waals surface area contributed by atoms with Gasteiger partial charge in [0.15, 0.2) is 8.07 Å². The van der Waals surface area contributed by atoms with Crippen molar-refractivity contribution in [3.63, 3.8) is 0 Å². The van der Waals surface area contributed by atoms with Gasteiger partial charge in [-0.2, -0.15) is 0 Å². The summed E-state index contributed by atoms with van der Waals surface area (Å²) in [6.45, 7) is 0. The minimum atomic E-state index is -3.77. The third-order valence-electron chi connectivity index (χ3n) is 8.65. The summed E-state index contributed by atoms with van der Waals surface area (Å²) in [5, 5.41) is 4.84. The molecule has 7 aromatic carbocycles. The van der Waals surface area contributed by atoms with Crippen LogP contribution in [0.25, 0.3) is 0 Å². The molecule has 7 rings (SSSR count). The lowest BCUT2D eigenvalue weighted by atomic mass is 10.2. The smallest absolute Gasteiger partial charge is 0.206 e. The summed E-state index contributed by atoms with van der Waals surface area (Å²) >= 11 is 0. The van der Waals surface area contributed by atoms with E-state index in [9.17, 15) is 8.42 Å². The Kier molecular flexibility index (Phi) is 8.40. The summed E-state index contributed by atoms with van der Waals surface area (Å²) in [7, 11) is -6.52. The van der Waals surface area contributed by atoms with Crippen molar-refractivity contribution >= 4 is 55.7 Å².